The van der Waals surface area contributed by atoms with Gasteiger partial charge in [-0.3, -0.25) is 4.79 Å². The molecule has 17 heavy (non-hydrogen) atoms. The highest BCUT2D eigenvalue weighted by atomic mass is 35.5. The van der Waals surface area contributed by atoms with Crippen LogP contribution in [0.15, 0.2) is 30.3 Å². The van der Waals surface area contributed by atoms with Crippen LogP contribution in [-0.2, 0) is 4.79 Å². The Hall–Kier alpha value is -1.28. The summed E-state index contributed by atoms with van der Waals surface area (Å²) in [5.74, 6) is 0.332. The van der Waals surface area contributed by atoms with Gasteiger partial charge in [0.25, 0.3) is 0 Å². The first-order chi connectivity index (χ1) is 8.00. The Morgan fingerprint density at radius 2 is 1.94 bits per heavy atom. The zero-order valence-electron chi connectivity index (χ0n) is 10.4. The zero-order valence-corrected chi connectivity index (χ0v) is 11.2. The molecular weight excluding hydrogens is 234 g/mol. The van der Waals surface area contributed by atoms with Crippen LogP contribution < -0.4 is 5.32 Å². The number of nitrogens with one attached hydrogen (secondary N) is 1. The number of benzene rings is 1. The fourth-order valence-electron chi connectivity index (χ4n) is 1.21. The molecule has 0 bridgehead atoms. The third kappa shape index (κ3) is 4.61. The molecule has 0 saturated heterocycles. The normalized spacial score (nSPS) is 13.0. The van der Waals surface area contributed by atoms with Gasteiger partial charge in [-0.05, 0) is 30.5 Å². The van der Waals surface area contributed by atoms with Gasteiger partial charge in [-0.1, -0.05) is 43.6 Å². The van der Waals surface area contributed by atoms with Crippen molar-refractivity contribution in [2.75, 3.05) is 0 Å². The van der Waals surface area contributed by atoms with Gasteiger partial charge in [0.05, 0.1) is 0 Å². The Kier molecular flexibility index (Phi) is 5.23. The molecule has 0 aliphatic rings. The Balaban J connectivity index is 2.60. The van der Waals surface area contributed by atoms with Crippen LogP contribution in [0.3, 0.4) is 0 Å². The van der Waals surface area contributed by atoms with E-state index >= 15 is 0 Å². The van der Waals surface area contributed by atoms with Crippen molar-refractivity contribution in [1.82, 2.24) is 5.32 Å². The molecule has 0 unspecified atom stereocenters. The van der Waals surface area contributed by atoms with Crippen molar-refractivity contribution in [3.8, 4) is 0 Å². The Morgan fingerprint density at radius 1 is 1.29 bits per heavy atom. The number of rotatable bonds is 4. The van der Waals surface area contributed by atoms with Gasteiger partial charge in [-0.25, -0.2) is 0 Å². The van der Waals surface area contributed by atoms with E-state index in [0.717, 1.165) is 5.56 Å². The first-order valence-corrected chi connectivity index (χ1v) is 6.11. The van der Waals surface area contributed by atoms with E-state index in [1.165, 1.54) is 6.08 Å². The Labute approximate surface area is 108 Å². The number of hydrogen-bond acceptors (Lipinski definition) is 1. The van der Waals surface area contributed by atoms with E-state index in [2.05, 4.69) is 19.2 Å². The summed E-state index contributed by atoms with van der Waals surface area (Å²) in [6, 6.07) is 7.59. The van der Waals surface area contributed by atoms with Crippen LogP contribution >= 0.6 is 11.6 Å². The average Bonchev–Trinajstić information content (AvgIpc) is 2.27. The molecule has 0 spiro atoms. The lowest BCUT2D eigenvalue weighted by Crippen LogP contribution is -2.34. The molecule has 0 heterocycles. The standard InChI is InChI=1S/C14H18ClNO/c1-10(2)11(3)16-14(17)9-8-12-6-4-5-7-13(12)15/h4-11H,1-3H3,(H,16,17)/b9-8+/t11-/m1/s1. The molecule has 1 aromatic rings. The quantitative estimate of drug-likeness (QED) is 0.816. The van der Waals surface area contributed by atoms with Crippen LogP contribution in [0.25, 0.3) is 6.08 Å². The zero-order chi connectivity index (χ0) is 12.8. The van der Waals surface area contributed by atoms with Crippen LogP contribution in [0.5, 0.6) is 0 Å². The third-order valence-corrected chi connectivity index (χ3v) is 3.03. The highest BCUT2D eigenvalue weighted by Crippen LogP contribution is 2.16. The van der Waals surface area contributed by atoms with E-state index in [1.807, 2.05) is 25.1 Å². The van der Waals surface area contributed by atoms with Gasteiger partial charge in [-0.2, -0.15) is 0 Å². The lowest BCUT2D eigenvalue weighted by molar-refractivity contribution is -0.117. The minimum absolute atomic E-state index is 0.0916. The third-order valence-electron chi connectivity index (χ3n) is 2.69. The molecule has 0 fully saturated rings. The van der Waals surface area contributed by atoms with Crippen molar-refractivity contribution in [2.45, 2.75) is 26.8 Å². The van der Waals surface area contributed by atoms with E-state index in [1.54, 1.807) is 12.1 Å². The summed E-state index contributed by atoms with van der Waals surface area (Å²) in [5, 5.41) is 3.55. The van der Waals surface area contributed by atoms with Gasteiger partial charge in [0, 0.05) is 17.1 Å². The van der Waals surface area contributed by atoms with Crippen molar-refractivity contribution >= 4 is 23.6 Å². The largest absolute Gasteiger partial charge is 0.350 e. The molecule has 1 amide bonds. The van der Waals surface area contributed by atoms with Crippen LogP contribution in [0.4, 0.5) is 0 Å². The van der Waals surface area contributed by atoms with Gasteiger partial charge in [0.15, 0.2) is 0 Å². The van der Waals surface area contributed by atoms with Crippen molar-refractivity contribution in [2.24, 2.45) is 5.92 Å². The highest BCUT2D eigenvalue weighted by Gasteiger charge is 2.08. The fraction of sp³-hybridized carbons (Fsp3) is 0.357. The maximum absolute atomic E-state index is 11.6. The summed E-state index contributed by atoms with van der Waals surface area (Å²) in [6.45, 7) is 6.14. The van der Waals surface area contributed by atoms with Gasteiger partial charge in [0.1, 0.15) is 0 Å². The lowest BCUT2D eigenvalue weighted by atomic mass is 10.1. The lowest BCUT2D eigenvalue weighted by Gasteiger charge is -2.15. The number of amides is 1. The van der Waals surface area contributed by atoms with Crippen molar-refractivity contribution in [3.63, 3.8) is 0 Å². The smallest absolute Gasteiger partial charge is 0.244 e. The van der Waals surface area contributed by atoms with Crippen LogP contribution in [-0.4, -0.2) is 11.9 Å². The molecule has 1 atom stereocenters. The van der Waals surface area contributed by atoms with Crippen LogP contribution in [0.1, 0.15) is 26.3 Å². The van der Waals surface area contributed by atoms with E-state index < -0.39 is 0 Å². The summed E-state index contributed by atoms with van der Waals surface area (Å²) >= 11 is 5.98. The summed E-state index contributed by atoms with van der Waals surface area (Å²) in [4.78, 5) is 11.6. The van der Waals surface area contributed by atoms with Crippen molar-refractivity contribution in [3.05, 3.63) is 40.9 Å². The molecule has 0 radical (unpaired) electrons. The minimum atomic E-state index is -0.0916. The fourth-order valence-corrected chi connectivity index (χ4v) is 1.41. The molecule has 0 aromatic heterocycles. The molecule has 3 heteroatoms. The van der Waals surface area contributed by atoms with E-state index in [-0.39, 0.29) is 11.9 Å². The topological polar surface area (TPSA) is 29.1 Å². The number of carbonyl (C=O) groups is 1. The second kappa shape index (κ2) is 6.45. The Morgan fingerprint density at radius 3 is 2.53 bits per heavy atom. The van der Waals surface area contributed by atoms with E-state index in [4.69, 9.17) is 11.6 Å². The molecule has 2 nitrogen and oxygen atoms in total. The first kappa shape index (κ1) is 13.8. The second-order valence-corrected chi connectivity index (χ2v) is 4.80. The predicted octanol–water partition coefficient (Wildman–Crippen LogP) is 3.51. The van der Waals surface area contributed by atoms with E-state index in [9.17, 15) is 4.79 Å². The average molecular weight is 252 g/mol. The molecule has 1 aromatic carbocycles. The monoisotopic (exact) mass is 251 g/mol. The predicted molar refractivity (Wildman–Crippen MR) is 72.9 cm³/mol. The number of carbonyl (C=O) groups excluding carboxylic acids is 1. The SMILES string of the molecule is CC(C)[C@@H](C)NC(=O)/C=C/c1ccccc1Cl. The maximum Gasteiger partial charge on any atom is 0.244 e. The molecule has 1 rings (SSSR count). The highest BCUT2D eigenvalue weighted by molar-refractivity contribution is 6.32. The Bertz CT molecular complexity index is 412. The molecule has 0 saturated carbocycles. The van der Waals surface area contributed by atoms with Gasteiger partial charge < -0.3 is 5.32 Å². The first-order valence-electron chi connectivity index (χ1n) is 5.74. The van der Waals surface area contributed by atoms with Gasteiger partial charge in [-0.15, -0.1) is 0 Å². The maximum atomic E-state index is 11.6. The van der Waals surface area contributed by atoms with Gasteiger partial charge in [0.2, 0.25) is 5.91 Å². The summed E-state index contributed by atoms with van der Waals surface area (Å²) in [7, 11) is 0. The van der Waals surface area contributed by atoms with Crippen molar-refractivity contribution < 1.29 is 4.79 Å². The molecule has 0 aliphatic carbocycles. The summed E-state index contributed by atoms with van der Waals surface area (Å²) < 4.78 is 0. The van der Waals surface area contributed by atoms with Gasteiger partial charge >= 0.3 is 0 Å². The van der Waals surface area contributed by atoms with E-state index in [0.29, 0.717) is 10.9 Å². The minimum Gasteiger partial charge on any atom is -0.350 e. The molecule has 92 valence electrons. The molecule has 0 aliphatic heterocycles. The molecule has 1 N–H and O–H groups in total. The number of hydrogen-bond donors (Lipinski definition) is 1. The number of halogens is 1. The summed E-state index contributed by atoms with van der Waals surface area (Å²) in [5.41, 5.74) is 0.849. The molecular formula is C14H18ClNO. The van der Waals surface area contributed by atoms with Crippen LogP contribution in [0.2, 0.25) is 5.02 Å². The second-order valence-electron chi connectivity index (χ2n) is 4.40. The summed E-state index contributed by atoms with van der Waals surface area (Å²) in [6.07, 6.45) is 3.24. The van der Waals surface area contributed by atoms with Crippen LogP contribution in [0, 0.1) is 5.92 Å². The van der Waals surface area contributed by atoms with Crippen molar-refractivity contribution in [1.29, 1.82) is 0 Å².